The zero-order chi connectivity index (χ0) is 14.7. The van der Waals surface area contributed by atoms with Gasteiger partial charge in [-0.1, -0.05) is 15.9 Å². The minimum absolute atomic E-state index is 0.349. The van der Waals surface area contributed by atoms with Crippen LogP contribution in [0.3, 0.4) is 0 Å². The van der Waals surface area contributed by atoms with E-state index in [-0.39, 0.29) is 11.1 Å². The molecule has 0 aliphatic carbocycles. The first-order chi connectivity index (χ1) is 9.55. The Balaban J connectivity index is 2.40. The first kappa shape index (κ1) is 14.9. The Hall–Kier alpha value is -1.47. The summed E-state index contributed by atoms with van der Waals surface area (Å²) >= 11 is 4.29. The normalized spacial score (nSPS) is 16.4. The molecule has 0 bridgehead atoms. The van der Waals surface area contributed by atoms with Gasteiger partial charge in [0, 0.05) is 4.47 Å². The Morgan fingerprint density at radius 1 is 1.35 bits per heavy atom. The zero-order valence-electron chi connectivity index (χ0n) is 10.9. The molecule has 1 aromatic carbocycles. The Kier molecular flexibility index (Phi) is 4.72. The molecule has 2 rings (SSSR count). The summed E-state index contributed by atoms with van der Waals surface area (Å²) in [5.74, 6) is 0.792. The monoisotopic (exact) mass is 357 g/mol. The lowest BCUT2D eigenvalue weighted by Crippen LogP contribution is -2.17. The lowest BCUT2D eigenvalue weighted by atomic mass is 10.2. The topological polar surface area (TPSA) is 64.6 Å². The van der Waals surface area contributed by atoms with Gasteiger partial charge in [0.15, 0.2) is 11.5 Å². The van der Waals surface area contributed by atoms with Crippen molar-refractivity contribution < 1.29 is 19.1 Å². The predicted octanol–water partition coefficient (Wildman–Crippen LogP) is 3.18. The number of hydrogen-bond acceptors (Lipinski definition) is 5. The molecule has 0 radical (unpaired) electrons. The van der Waals surface area contributed by atoms with Crippen LogP contribution in [-0.4, -0.2) is 24.9 Å². The van der Waals surface area contributed by atoms with Crippen LogP contribution in [0.15, 0.2) is 21.5 Å². The highest BCUT2D eigenvalue weighted by molar-refractivity contribution is 9.10. The third kappa shape index (κ3) is 3.16. The van der Waals surface area contributed by atoms with Crippen molar-refractivity contribution in [1.82, 2.24) is 5.32 Å². The first-order valence-electron chi connectivity index (χ1n) is 5.80. The van der Waals surface area contributed by atoms with Crippen LogP contribution in [0.25, 0.3) is 6.08 Å². The molecule has 1 N–H and O–H groups in total. The minimum Gasteiger partial charge on any atom is -0.493 e. The summed E-state index contributed by atoms with van der Waals surface area (Å²) in [6.45, 7) is 2.41. The fraction of sp³-hybridized carbons (Fsp3) is 0.231. The average molecular weight is 358 g/mol. The molecule has 1 heterocycles. The molecule has 1 saturated heterocycles. The lowest BCUT2D eigenvalue weighted by molar-refractivity contribution is -0.115. The molecule has 0 unspecified atom stereocenters. The highest BCUT2D eigenvalue weighted by Gasteiger charge is 2.25. The van der Waals surface area contributed by atoms with Crippen molar-refractivity contribution in [2.24, 2.45) is 0 Å². The Morgan fingerprint density at radius 3 is 2.65 bits per heavy atom. The molecule has 1 fully saturated rings. The highest BCUT2D eigenvalue weighted by Crippen LogP contribution is 2.36. The molecule has 20 heavy (non-hydrogen) atoms. The number of benzene rings is 1. The van der Waals surface area contributed by atoms with Gasteiger partial charge in [-0.25, -0.2) is 0 Å². The molecule has 2 amide bonds. The lowest BCUT2D eigenvalue weighted by Gasteiger charge is -2.11. The van der Waals surface area contributed by atoms with Crippen molar-refractivity contribution in [2.75, 3.05) is 13.7 Å². The van der Waals surface area contributed by atoms with Gasteiger partial charge in [-0.2, -0.15) is 0 Å². The molecule has 1 aliphatic heterocycles. The number of thioether (sulfide) groups is 1. The summed E-state index contributed by atoms with van der Waals surface area (Å²) in [6, 6.07) is 3.52. The van der Waals surface area contributed by atoms with E-state index in [4.69, 9.17) is 9.47 Å². The van der Waals surface area contributed by atoms with E-state index in [9.17, 15) is 9.59 Å². The molecule has 5 nitrogen and oxygen atoms in total. The van der Waals surface area contributed by atoms with Gasteiger partial charge in [-0.3, -0.25) is 14.9 Å². The van der Waals surface area contributed by atoms with E-state index >= 15 is 0 Å². The van der Waals surface area contributed by atoms with Crippen LogP contribution in [-0.2, 0) is 4.79 Å². The second kappa shape index (κ2) is 6.32. The zero-order valence-corrected chi connectivity index (χ0v) is 13.3. The molecule has 106 valence electrons. The van der Waals surface area contributed by atoms with Gasteiger partial charge in [0.1, 0.15) is 0 Å². The smallest absolute Gasteiger partial charge is 0.290 e. The highest BCUT2D eigenvalue weighted by atomic mass is 79.9. The summed E-state index contributed by atoms with van der Waals surface area (Å²) in [4.78, 5) is 23.0. The van der Waals surface area contributed by atoms with Crippen molar-refractivity contribution in [3.8, 4) is 11.5 Å². The summed E-state index contributed by atoms with van der Waals surface area (Å²) in [7, 11) is 1.54. The van der Waals surface area contributed by atoms with Gasteiger partial charge in [0.05, 0.1) is 18.6 Å². The number of methoxy groups -OCH3 is 1. The van der Waals surface area contributed by atoms with Gasteiger partial charge in [-0.15, -0.1) is 0 Å². The van der Waals surface area contributed by atoms with Crippen LogP contribution in [0.2, 0.25) is 0 Å². The maximum Gasteiger partial charge on any atom is 0.290 e. The van der Waals surface area contributed by atoms with Crippen molar-refractivity contribution in [3.63, 3.8) is 0 Å². The number of ether oxygens (including phenoxy) is 2. The minimum atomic E-state index is -0.389. The van der Waals surface area contributed by atoms with Gasteiger partial charge in [-0.05, 0) is 42.5 Å². The van der Waals surface area contributed by atoms with Crippen molar-refractivity contribution in [1.29, 1.82) is 0 Å². The van der Waals surface area contributed by atoms with E-state index < -0.39 is 0 Å². The average Bonchev–Trinajstić information content (AvgIpc) is 2.71. The van der Waals surface area contributed by atoms with Crippen molar-refractivity contribution >= 4 is 44.9 Å². The number of amides is 2. The summed E-state index contributed by atoms with van der Waals surface area (Å²) in [6.07, 6.45) is 1.63. The van der Waals surface area contributed by atoms with E-state index in [0.29, 0.717) is 23.0 Å². The Labute approximate surface area is 128 Å². The molecule has 7 heteroatoms. The van der Waals surface area contributed by atoms with E-state index in [1.165, 1.54) is 0 Å². The van der Waals surface area contributed by atoms with Crippen LogP contribution >= 0.6 is 27.7 Å². The third-order valence-corrected chi connectivity index (χ3v) is 4.01. The summed E-state index contributed by atoms with van der Waals surface area (Å²) < 4.78 is 11.5. The maximum atomic E-state index is 11.5. The second-order valence-electron chi connectivity index (χ2n) is 3.81. The maximum absolute atomic E-state index is 11.5. The number of carbonyl (C=O) groups is 2. The predicted molar refractivity (Wildman–Crippen MR) is 81.0 cm³/mol. The van der Waals surface area contributed by atoms with Crippen molar-refractivity contribution in [2.45, 2.75) is 6.92 Å². The van der Waals surface area contributed by atoms with Crippen LogP contribution in [0.5, 0.6) is 11.5 Å². The number of imide groups is 1. The fourth-order valence-electron chi connectivity index (χ4n) is 1.65. The van der Waals surface area contributed by atoms with Crippen LogP contribution < -0.4 is 14.8 Å². The molecular weight excluding hydrogens is 346 g/mol. The molecule has 0 saturated carbocycles. The SMILES string of the molecule is CCOc1cc(Br)c(/C=C2/SC(=O)NC2=O)cc1OC. The van der Waals surface area contributed by atoms with E-state index in [1.54, 1.807) is 25.3 Å². The third-order valence-electron chi connectivity index (χ3n) is 2.51. The van der Waals surface area contributed by atoms with Crippen LogP contribution in [0.1, 0.15) is 12.5 Å². The second-order valence-corrected chi connectivity index (χ2v) is 5.68. The van der Waals surface area contributed by atoms with Crippen LogP contribution in [0, 0.1) is 0 Å². The fourth-order valence-corrected chi connectivity index (χ4v) is 2.76. The standard InChI is InChI=1S/C13H12BrNO4S/c1-3-19-10-6-8(14)7(4-9(10)18-2)5-11-12(16)15-13(17)20-11/h4-6H,3H2,1-2H3,(H,15,16,17)/b11-5+. The molecular formula is C13H12BrNO4S. The Bertz CT molecular complexity index is 600. The van der Waals surface area contributed by atoms with Gasteiger partial charge >= 0.3 is 0 Å². The molecule has 1 aromatic rings. The van der Waals surface area contributed by atoms with Gasteiger partial charge < -0.3 is 9.47 Å². The quantitative estimate of drug-likeness (QED) is 0.838. The summed E-state index contributed by atoms with van der Waals surface area (Å²) in [5, 5.41) is 1.85. The molecule has 0 aromatic heterocycles. The van der Waals surface area contributed by atoms with Crippen LogP contribution in [0.4, 0.5) is 4.79 Å². The van der Waals surface area contributed by atoms with E-state index in [2.05, 4.69) is 21.2 Å². The van der Waals surface area contributed by atoms with E-state index in [0.717, 1.165) is 21.8 Å². The Morgan fingerprint density at radius 2 is 2.10 bits per heavy atom. The van der Waals surface area contributed by atoms with Gasteiger partial charge in [0.25, 0.3) is 11.1 Å². The number of carbonyl (C=O) groups excluding carboxylic acids is 2. The number of nitrogens with one attached hydrogen (secondary N) is 1. The number of rotatable bonds is 4. The molecule has 0 spiro atoms. The van der Waals surface area contributed by atoms with E-state index in [1.807, 2.05) is 6.92 Å². The summed E-state index contributed by atoms with van der Waals surface area (Å²) in [5.41, 5.74) is 0.734. The van der Waals surface area contributed by atoms with Crippen molar-refractivity contribution in [3.05, 3.63) is 27.1 Å². The van der Waals surface area contributed by atoms with Gasteiger partial charge in [0.2, 0.25) is 0 Å². The number of halogens is 1. The molecule has 0 atom stereocenters. The number of hydrogen-bond donors (Lipinski definition) is 1. The first-order valence-corrected chi connectivity index (χ1v) is 7.41. The molecule has 1 aliphatic rings. The largest absolute Gasteiger partial charge is 0.493 e.